The Bertz CT molecular complexity index is 161. The first-order valence-corrected chi connectivity index (χ1v) is 7.65. The third-order valence-electron chi connectivity index (χ3n) is 1.58. The maximum absolute atomic E-state index is 4.55. The van der Waals surface area contributed by atoms with Crippen LogP contribution in [0.25, 0.3) is 0 Å². The summed E-state index contributed by atoms with van der Waals surface area (Å²) in [6.07, 6.45) is 2.49. The van der Waals surface area contributed by atoms with Crippen molar-refractivity contribution in [2.45, 2.75) is 25.0 Å². The average molecular weight is 315 g/mol. The van der Waals surface area contributed by atoms with Crippen molar-refractivity contribution in [3.05, 3.63) is 0 Å². The average Bonchev–Trinajstić information content (AvgIpc) is 2.53. The molecule has 1 saturated heterocycles. The van der Waals surface area contributed by atoms with Gasteiger partial charge in [0.25, 0.3) is 0 Å². The van der Waals surface area contributed by atoms with E-state index in [-0.39, 0.29) is 0 Å². The van der Waals surface area contributed by atoms with Gasteiger partial charge in [0, 0.05) is 22.0 Å². The molecular weight excluding hydrogens is 301 g/mol. The molecule has 0 N–H and O–H groups in total. The summed E-state index contributed by atoms with van der Waals surface area (Å²) < 4.78 is 2.58. The molecule has 1 unspecified atom stereocenters. The molecule has 1 fully saturated rings. The van der Waals surface area contributed by atoms with Crippen LogP contribution in [0, 0.1) is 0 Å². The second-order valence-electron chi connectivity index (χ2n) is 2.71. The van der Waals surface area contributed by atoms with Gasteiger partial charge >= 0.3 is 0 Å². The molecular formula is C8H14INS2. The summed E-state index contributed by atoms with van der Waals surface area (Å²) in [4.78, 5) is 4.55. The maximum Gasteiger partial charge on any atom is 0.124 e. The van der Waals surface area contributed by atoms with E-state index in [4.69, 9.17) is 0 Å². The van der Waals surface area contributed by atoms with Crippen LogP contribution in [-0.2, 0) is 0 Å². The van der Waals surface area contributed by atoms with Gasteiger partial charge in [0.15, 0.2) is 0 Å². The van der Waals surface area contributed by atoms with Crippen LogP contribution in [0.4, 0.5) is 0 Å². The molecule has 0 bridgehead atoms. The summed E-state index contributed by atoms with van der Waals surface area (Å²) in [5.41, 5.74) is 0. The Kier molecular flexibility index (Phi) is 6.09. The summed E-state index contributed by atoms with van der Waals surface area (Å²) in [5, 5.41) is 0.816. The number of thioether (sulfide) groups is 2. The Morgan fingerprint density at radius 3 is 3.08 bits per heavy atom. The molecule has 1 aliphatic rings. The van der Waals surface area contributed by atoms with Gasteiger partial charge in [-0.2, -0.15) is 0 Å². The largest absolute Gasteiger partial charge is 0.272 e. The normalized spacial score (nSPS) is 26.8. The molecule has 12 heavy (non-hydrogen) atoms. The highest BCUT2D eigenvalue weighted by atomic mass is 127. The lowest BCUT2D eigenvalue weighted by atomic mass is 10.3. The van der Waals surface area contributed by atoms with Crippen molar-refractivity contribution in [1.82, 2.24) is 0 Å². The van der Waals surface area contributed by atoms with E-state index in [2.05, 4.69) is 34.5 Å². The van der Waals surface area contributed by atoms with Crippen molar-refractivity contribution < 1.29 is 0 Å². The highest BCUT2D eigenvalue weighted by Gasteiger charge is 2.20. The fourth-order valence-electron chi connectivity index (χ4n) is 0.862. The molecule has 0 aromatic heterocycles. The Hall–Kier alpha value is 1.10. The Morgan fingerprint density at radius 1 is 1.67 bits per heavy atom. The van der Waals surface area contributed by atoms with E-state index in [9.17, 15) is 0 Å². The maximum atomic E-state index is 4.55. The van der Waals surface area contributed by atoms with Crippen molar-refractivity contribution in [2.24, 2.45) is 4.99 Å². The van der Waals surface area contributed by atoms with Gasteiger partial charge in [-0.15, -0.1) is 0 Å². The van der Waals surface area contributed by atoms with Crippen molar-refractivity contribution in [3.63, 3.8) is 0 Å². The molecule has 1 atom stereocenters. The van der Waals surface area contributed by atoms with Gasteiger partial charge in [0.05, 0.1) is 0 Å². The second-order valence-corrected chi connectivity index (χ2v) is 6.14. The van der Waals surface area contributed by atoms with Crippen LogP contribution in [0.3, 0.4) is 0 Å². The van der Waals surface area contributed by atoms with Crippen molar-refractivity contribution in [3.8, 4) is 0 Å². The first-order valence-electron chi connectivity index (χ1n) is 4.26. The zero-order valence-electron chi connectivity index (χ0n) is 7.25. The number of unbranched alkanes of at least 4 members (excludes halogenated alkanes) is 1. The lowest BCUT2D eigenvalue weighted by molar-refractivity contribution is 0.811. The van der Waals surface area contributed by atoms with Crippen LogP contribution in [-0.4, -0.2) is 26.4 Å². The Balaban J connectivity index is 2.21. The molecule has 1 rings (SSSR count). The topological polar surface area (TPSA) is 12.4 Å². The molecule has 0 aliphatic carbocycles. The molecule has 0 spiro atoms. The number of rotatable bonds is 4. The summed E-state index contributed by atoms with van der Waals surface area (Å²) in [6.45, 7) is 3.24. The lowest BCUT2D eigenvalue weighted by Gasteiger charge is -1.97. The van der Waals surface area contributed by atoms with E-state index in [0.29, 0.717) is 0 Å². The van der Waals surface area contributed by atoms with Gasteiger partial charge in [-0.25, -0.2) is 0 Å². The fraction of sp³-hybridized carbons (Fsp3) is 0.875. The molecule has 1 aliphatic heterocycles. The summed E-state index contributed by atoms with van der Waals surface area (Å²) in [5.74, 6) is 1.26. The van der Waals surface area contributed by atoms with Crippen LogP contribution in [0.1, 0.15) is 19.8 Å². The standard InChI is InChI=1S/C8H14INS2/c1-2-3-4-10-8-11-6-7(5-9)12-8/h7H,2-6H2,1H3. The molecule has 0 aromatic rings. The second kappa shape index (κ2) is 6.54. The van der Waals surface area contributed by atoms with Gasteiger partial charge in [-0.1, -0.05) is 59.5 Å². The minimum absolute atomic E-state index is 0.816. The zero-order chi connectivity index (χ0) is 8.81. The predicted molar refractivity (Wildman–Crippen MR) is 69.9 cm³/mol. The third kappa shape index (κ3) is 3.87. The van der Waals surface area contributed by atoms with Crippen LogP contribution in [0.5, 0.6) is 0 Å². The SMILES string of the molecule is CCCCN=C1SCC(CI)S1. The molecule has 70 valence electrons. The first-order chi connectivity index (χ1) is 5.86. The number of aliphatic imine (C=N–C) groups is 1. The molecule has 1 nitrogen and oxygen atoms in total. The van der Waals surface area contributed by atoms with E-state index in [0.717, 1.165) is 11.8 Å². The molecule has 4 heteroatoms. The van der Waals surface area contributed by atoms with Gasteiger partial charge in [-0.05, 0) is 6.42 Å². The van der Waals surface area contributed by atoms with Gasteiger partial charge in [0.2, 0.25) is 0 Å². The number of hydrogen-bond donors (Lipinski definition) is 0. The lowest BCUT2D eigenvalue weighted by Crippen LogP contribution is -2.00. The zero-order valence-corrected chi connectivity index (χ0v) is 11.0. The highest BCUT2D eigenvalue weighted by Crippen LogP contribution is 2.33. The predicted octanol–water partition coefficient (Wildman–Crippen LogP) is 3.43. The van der Waals surface area contributed by atoms with Crippen molar-refractivity contribution >= 4 is 50.5 Å². The Labute approximate surface area is 96.7 Å². The molecule has 0 amide bonds. The van der Waals surface area contributed by atoms with Crippen molar-refractivity contribution in [2.75, 3.05) is 16.7 Å². The van der Waals surface area contributed by atoms with E-state index in [1.54, 1.807) is 0 Å². The molecule has 0 aromatic carbocycles. The van der Waals surface area contributed by atoms with Gasteiger partial charge in [-0.3, -0.25) is 4.99 Å². The van der Waals surface area contributed by atoms with E-state index < -0.39 is 0 Å². The number of nitrogens with zero attached hydrogens (tertiary/aromatic N) is 1. The smallest absolute Gasteiger partial charge is 0.124 e. The molecule has 1 heterocycles. The minimum Gasteiger partial charge on any atom is -0.272 e. The quantitative estimate of drug-likeness (QED) is 0.448. The molecule has 0 radical (unpaired) electrons. The van der Waals surface area contributed by atoms with Crippen LogP contribution >= 0.6 is 46.1 Å². The third-order valence-corrected chi connectivity index (χ3v) is 6.04. The first kappa shape index (κ1) is 11.2. The summed E-state index contributed by atoms with van der Waals surface area (Å²) >= 11 is 6.36. The van der Waals surface area contributed by atoms with Gasteiger partial charge < -0.3 is 0 Å². The molecule has 0 saturated carbocycles. The number of hydrogen-bond acceptors (Lipinski definition) is 3. The summed E-state index contributed by atoms with van der Waals surface area (Å²) in [7, 11) is 0. The van der Waals surface area contributed by atoms with Crippen LogP contribution < -0.4 is 0 Å². The number of halogens is 1. The van der Waals surface area contributed by atoms with Crippen molar-refractivity contribution in [1.29, 1.82) is 0 Å². The summed E-state index contributed by atoms with van der Waals surface area (Å²) in [6, 6.07) is 0. The monoisotopic (exact) mass is 315 g/mol. The van der Waals surface area contributed by atoms with E-state index >= 15 is 0 Å². The van der Waals surface area contributed by atoms with Crippen LogP contribution in [0.2, 0.25) is 0 Å². The Morgan fingerprint density at radius 2 is 2.50 bits per heavy atom. The van der Waals surface area contributed by atoms with E-state index in [1.165, 1.54) is 27.4 Å². The van der Waals surface area contributed by atoms with Crippen LogP contribution in [0.15, 0.2) is 4.99 Å². The highest BCUT2D eigenvalue weighted by molar-refractivity contribution is 14.1. The van der Waals surface area contributed by atoms with E-state index in [1.807, 2.05) is 23.5 Å². The van der Waals surface area contributed by atoms with Gasteiger partial charge in [0.1, 0.15) is 4.38 Å². The minimum atomic E-state index is 0.816. The fourth-order valence-corrected chi connectivity index (χ4v) is 4.64. The number of alkyl halides is 1.